The Bertz CT molecular complexity index is 95.6. The van der Waals surface area contributed by atoms with Gasteiger partial charge in [0.25, 0.3) is 0 Å². The van der Waals surface area contributed by atoms with E-state index in [0.717, 1.165) is 26.2 Å². The lowest BCUT2D eigenvalue weighted by atomic mass is 10.3. The van der Waals surface area contributed by atoms with Crippen LogP contribution in [0.2, 0.25) is 0 Å². The highest BCUT2D eigenvalue weighted by Crippen LogP contribution is 2.00. The average Bonchev–Trinajstić information content (AvgIpc) is 1.88. The number of rotatable bonds is 2. The first-order valence-electron chi connectivity index (χ1n) is 3.92. The summed E-state index contributed by atoms with van der Waals surface area (Å²) in [6.45, 7) is 6.06. The quantitative estimate of drug-likeness (QED) is 0.593. The maximum atomic E-state index is 5.59. The second-order valence-corrected chi connectivity index (χ2v) is 2.71. The minimum atomic E-state index is -0.0553. The summed E-state index contributed by atoms with van der Waals surface area (Å²) in [5, 5.41) is 0. The lowest BCUT2D eigenvalue weighted by Gasteiger charge is -2.30. The van der Waals surface area contributed by atoms with Crippen LogP contribution in [0.3, 0.4) is 0 Å². The third-order valence-corrected chi connectivity index (χ3v) is 1.72. The Hall–Kier alpha value is -0.120. The molecule has 0 radical (unpaired) electrons. The number of nitrogens with two attached hydrogens (primary N) is 1. The number of nitrogens with zero attached hydrogens (tertiary/aromatic N) is 1. The summed E-state index contributed by atoms with van der Waals surface area (Å²) < 4.78 is 5.19. The van der Waals surface area contributed by atoms with Crippen LogP contribution in [-0.4, -0.2) is 37.4 Å². The van der Waals surface area contributed by atoms with E-state index < -0.39 is 0 Å². The summed E-state index contributed by atoms with van der Waals surface area (Å²) in [7, 11) is 0. The highest BCUT2D eigenvalue weighted by Gasteiger charge is 2.14. The first-order valence-corrected chi connectivity index (χ1v) is 3.92. The van der Waals surface area contributed by atoms with Gasteiger partial charge in [-0.15, -0.1) is 0 Å². The summed E-state index contributed by atoms with van der Waals surface area (Å²) in [5.41, 5.74) is 5.59. The number of hydrogen-bond acceptors (Lipinski definition) is 3. The van der Waals surface area contributed by atoms with E-state index in [1.165, 1.54) is 6.42 Å². The summed E-state index contributed by atoms with van der Waals surface area (Å²) in [5.74, 6) is 0. The number of morpholine rings is 1. The van der Waals surface area contributed by atoms with Crippen LogP contribution >= 0.6 is 0 Å². The average molecular weight is 144 g/mol. The van der Waals surface area contributed by atoms with E-state index in [4.69, 9.17) is 10.5 Å². The minimum absolute atomic E-state index is 0.0553. The normalized spacial score (nSPS) is 28.8. The number of ether oxygens (including phenoxy) is 1. The lowest BCUT2D eigenvalue weighted by Crippen LogP contribution is -2.46. The Morgan fingerprint density at radius 3 is 3.10 bits per heavy atom. The Labute approximate surface area is 62.1 Å². The zero-order chi connectivity index (χ0) is 7.40. The van der Waals surface area contributed by atoms with Gasteiger partial charge in [0.15, 0.2) is 0 Å². The highest BCUT2D eigenvalue weighted by atomic mass is 16.5. The van der Waals surface area contributed by atoms with E-state index in [1.54, 1.807) is 0 Å². The van der Waals surface area contributed by atoms with E-state index in [9.17, 15) is 0 Å². The van der Waals surface area contributed by atoms with E-state index in [0.29, 0.717) is 0 Å². The van der Waals surface area contributed by atoms with Gasteiger partial charge in [-0.25, -0.2) is 0 Å². The van der Waals surface area contributed by atoms with E-state index in [-0.39, 0.29) is 6.23 Å². The molecule has 0 aromatic carbocycles. The van der Waals surface area contributed by atoms with Gasteiger partial charge in [0.1, 0.15) is 6.23 Å². The van der Waals surface area contributed by atoms with Gasteiger partial charge in [-0.05, 0) is 13.0 Å². The molecule has 0 aromatic rings. The predicted molar refractivity (Wildman–Crippen MR) is 40.7 cm³/mol. The topological polar surface area (TPSA) is 38.5 Å². The van der Waals surface area contributed by atoms with Gasteiger partial charge in [-0.3, -0.25) is 4.90 Å². The molecule has 0 aliphatic carbocycles. The molecule has 2 N–H and O–H groups in total. The fraction of sp³-hybridized carbons (Fsp3) is 1.00. The summed E-state index contributed by atoms with van der Waals surface area (Å²) in [6.07, 6.45) is 1.15. The SMILES string of the molecule is CCCN1CCOC(N)C1. The summed E-state index contributed by atoms with van der Waals surface area (Å²) in [6, 6.07) is 0. The molecule has 0 amide bonds. The fourth-order valence-electron chi connectivity index (χ4n) is 1.25. The van der Waals surface area contributed by atoms with E-state index in [1.807, 2.05) is 0 Å². The van der Waals surface area contributed by atoms with Crippen molar-refractivity contribution in [2.75, 3.05) is 26.2 Å². The second-order valence-electron chi connectivity index (χ2n) is 2.71. The molecule has 0 spiro atoms. The first-order chi connectivity index (χ1) is 4.83. The molecule has 1 heterocycles. The van der Waals surface area contributed by atoms with Crippen LogP contribution < -0.4 is 5.73 Å². The monoisotopic (exact) mass is 144 g/mol. The van der Waals surface area contributed by atoms with Crippen molar-refractivity contribution < 1.29 is 4.74 Å². The molecule has 1 saturated heterocycles. The molecular weight excluding hydrogens is 128 g/mol. The van der Waals surface area contributed by atoms with Gasteiger partial charge in [0.2, 0.25) is 0 Å². The van der Waals surface area contributed by atoms with Crippen LogP contribution in [0.25, 0.3) is 0 Å². The molecule has 1 atom stereocenters. The number of hydrogen-bond donors (Lipinski definition) is 1. The fourth-order valence-corrected chi connectivity index (χ4v) is 1.25. The standard InChI is InChI=1S/C7H16N2O/c1-2-3-9-4-5-10-7(8)6-9/h7H,2-6,8H2,1H3. The maximum absolute atomic E-state index is 5.59. The molecule has 3 nitrogen and oxygen atoms in total. The van der Waals surface area contributed by atoms with Crippen molar-refractivity contribution in [1.82, 2.24) is 4.90 Å². The minimum Gasteiger partial charge on any atom is -0.361 e. The molecule has 1 aliphatic rings. The second kappa shape index (κ2) is 3.91. The summed E-state index contributed by atoms with van der Waals surface area (Å²) in [4.78, 5) is 2.34. The van der Waals surface area contributed by atoms with Crippen LogP contribution in [0.4, 0.5) is 0 Å². The molecule has 60 valence electrons. The molecule has 1 rings (SSSR count). The van der Waals surface area contributed by atoms with E-state index in [2.05, 4.69) is 11.8 Å². The zero-order valence-electron chi connectivity index (χ0n) is 6.55. The Kier molecular flexibility index (Phi) is 3.12. The van der Waals surface area contributed by atoms with Crippen molar-refractivity contribution >= 4 is 0 Å². The highest BCUT2D eigenvalue weighted by molar-refractivity contribution is 4.65. The van der Waals surface area contributed by atoms with Crippen molar-refractivity contribution in [2.45, 2.75) is 19.6 Å². The van der Waals surface area contributed by atoms with Gasteiger partial charge < -0.3 is 10.5 Å². The largest absolute Gasteiger partial charge is 0.361 e. The van der Waals surface area contributed by atoms with Crippen molar-refractivity contribution in [2.24, 2.45) is 5.73 Å². The van der Waals surface area contributed by atoms with E-state index >= 15 is 0 Å². The third kappa shape index (κ3) is 2.25. The van der Waals surface area contributed by atoms with Crippen LogP contribution in [0.1, 0.15) is 13.3 Å². The Morgan fingerprint density at radius 1 is 1.70 bits per heavy atom. The zero-order valence-corrected chi connectivity index (χ0v) is 6.55. The van der Waals surface area contributed by atoms with Crippen molar-refractivity contribution in [3.8, 4) is 0 Å². The molecule has 0 saturated carbocycles. The van der Waals surface area contributed by atoms with Crippen molar-refractivity contribution in [3.05, 3.63) is 0 Å². The molecule has 1 fully saturated rings. The molecule has 3 heteroatoms. The van der Waals surface area contributed by atoms with Gasteiger partial charge in [0, 0.05) is 13.1 Å². The molecular formula is C7H16N2O. The van der Waals surface area contributed by atoms with Crippen LogP contribution in [0.5, 0.6) is 0 Å². The smallest absolute Gasteiger partial charge is 0.118 e. The van der Waals surface area contributed by atoms with Crippen molar-refractivity contribution in [1.29, 1.82) is 0 Å². The molecule has 0 aromatic heterocycles. The van der Waals surface area contributed by atoms with Gasteiger partial charge in [0.05, 0.1) is 6.61 Å². The predicted octanol–water partition coefficient (Wildman–Crippen LogP) is 0.0134. The maximum Gasteiger partial charge on any atom is 0.118 e. The van der Waals surface area contributed by atoms with Crippen molar-refractivity contribution in [3.63, 3.8) is 0 Å². The van der Waals surface area contributed by atoms with Crippen LogP contribution in [-0.2, 0) is 4.74 Å². The van der Waals surface area contributed by atoms with Crippen LogP contribution in [0, 0.1) is 0 Å². The Morgan fingerprint density at radius 2 is 2.50 bits per heavy atom. The van der Waals surface area contributed by atoms with Gasteiger partial charge >= 0.3 is 0 Å². The first kappa shape index (κ1) is 7.98. The molecule has 10 heavy (non-hydrogen) atoms. The van der Waals surface area contributed by atoms with Gasteiger partial charge in [-0.2, -0.15) is 0 Å². The van der Waals surface area contributed by atoms with Gasteiger partial charge in [-0.1, -0.05) is 6.92 Å². The Balaban J connectivity index is 2.18. The van der Waals surface area contributed by atoms with Crippen LogP contribution in [0.15, 0.2) is 0 Å². The lowest BCUT2D eigenvalue weighted by molar-refractivity contribution is -0.0244. The molecule has 1 unspecified atom stereocenters. The summed E-state index contributed by atoms with van der Waals surface area (Å²) >= 11 is 0. The molecule has 0 bridgehead atoms. The molecule has 1 aliphatic heterocycles. The third-order valence-electron chi connectivity index (χ3n) is 1.72.